The van der Waals surface area contributed by atoms with Gasteiger partial charge >= 0.3 is 0 Å². The zero-order chi connectivity index (χ0) is 15.0. The number of nitriles is 1. The number of carbonyl (C=O) groups is 1. The van der Waals surface area contributed by atoms with Crippen LogP contribution in [0.5, 0.6) is 0 Å². The lowest BCUT2D eigenvalue weighted by Gasteiger charge is -2.05. The molecule has 3 nitrogen and oxygen atoms in total. The molecule has 0 bridgehead atoms. The van der Waals surface area contributed by atoms with E-state index in [0.29, 0.717) is 21.2 Å². The Labute approximate surface area is 130 Å². The Morgan fingerprint density at radius 3 is 2.52 bits per heavy atom. The van der Waals surface area contributed by atoms with Crippen LogP contribution >= 0.6 is 23.2 Å². The molecule has 5 heteroatoms. The number of hydrogen-bond acceptors (Lipinski definition) is 2. The van der Waals surface area contributed by atoms with Crippen LogP contribution < -0.4 is 0 Å². The highest BCUT2D eigenvalue weighted by Crippen LogP contribution is 2.29. The highest BCUT2D eigenvalue weighted by Gasteiger charge is 2.19. The number of H-pyrrole nitrogens is 1. The van der Waals surface area contributed by atoms with Crippen molar-refractivity contribution in [2.75, 3.05) is 0 Å². The molecule has 1 heterocycles. The monoisotopic (exact) mass is 314 g/mol. The molecule has 1 aromatic heterocycles. The molecule has 3 aromatic rings. The normalized spacial score (nSPS) is 10.5. The number of halogens is 2. The molecule has 0 aliphatic carbocycles. The number of carbonyl (C=O) groups excluding carboxylic acids is 1. The molecule has 0 amide bonds. The molecule has 0 unspecified atom stereocenters. The Morgan fingerprint density at radius 2 is 1.86 bits per heavy atom. The number of rotatable bonds is 2. The molecular formula is C16H8Cl2N2O. The maximum atomic E-state index is 12.7. The van der Waals surface area contributed by atoms with Gasteiger partial charge in [0, 0.05) is 22.7 Å². The molecule has 102 valence electrons. The SMILES string of the molecule is N#Cc1ccc2c(C(=O)c3c(Cl)cccc3Cl)c[nH]c2c1. The summed E-state index contributed by atoms with van der Waals surface area (Å²) in [6, 6.07) is 12.1. The maximum Gasteiger partial charge on any atom is 0.198 e. The summed E-state index contributed by atoms with van der Waals surface area (Å²) in [7, 11) is 0. The fourth-order valence-electron chi connectivity index (χ4n) is 2.23. The van der Waals surface area contributed by atoms with Crippen LogP contribution in [0.25, 0.3) is 10.9 Å². The zero-order valence-corrected chi connectivity index (χ0v) is 12.2. The molecule has 1 N–H and O–H groups in total. The van der Waals surface area contributed by atoms with Crippen LogP contribution in [0.15, 0.2) is 42.6 Å². The molecule has 0 spiro atoms. The van der Waals surface area contributed by atoms with Gasteiger partial charge in [-0.25, -0.2) is 0 Å². The van der Waals surface area contributed by atoms with Crippen molar-refractivity contribution in [1.29, 1.82) is 5.26 Å². The third-order valence-corrected chi connectivity index (χ3v) is 3.88. The van der Waals surface area contributed by atoms with E-state index in [4.69, 9.17) is 28.5 Å². The van der Waals surface area contributed by atoms with E-state index in [9.17, 15) is 4.79 Å². The number of ketones is 1. The van der Waals surface area contributed by atoms with Gasteiger partial charge in [-0.15, -0.1) is 0 Å². The Morgan fingerprint density at radius 1 is 1.14 bits per heavy atom. The molecular weight excluding hydrogens is 307 g/mol. The summed E-state index contributed by atoms with van der Waals surface area (Å²) in [5.41, 5.74) is 2.01. The van der Waals surface area contributed by atoms with Crippen LogP contribution in [0.4, 0.5) is 0 Å². The minimum absolute atomic E-state index is 0.249. The molecule has 0 saturated heterocycles. The highest BCUT2D eigenvalue weighted by molar-refractivity contribution is 6.41. The highest BCUT2D eigenvalue weighted by atomic mass is 35.5. The Hall–Kier alpha value is -2.28. The molecule has 3 rings (SSSR count). The van der Waals surface area contributed by atoms with Crippen LogP contribution in [0.1, 0.15) is 21.5 Å². The van der Waals surface area contributed by atoms with Gasteiger partial charge < -0.3 is 4.98 Å². The molecule has 0 aliphatic heterocycles. The second-order valence-corrected chi connectivity index (χ2v) is 5.31. The summed E-state index contributed by atoms with van der Waals surface area (Å²) in [6.07, 6.45) is 1.60. The first kappa shape index (κ1) is 13.7. The predicted octanol–water partition coefficient (Wildman–Crippen LogP) is 4.58. The van der Waals surface area contributed by atoms with Crippen molar-refractivity contribution in [2.24, 2.45) is 0 Å². The van der Waals surface area contributed by atoms with Gasteiger partial charge in [0.2, 0.25) is 0 Å². The average molecular weight is 315 g/mol. The van der Waals surface area contributed by atoms with E-state index in [-0.39, 0.29) is 11.3 Å². The van der Waals surface area contributed by atoms with E-state index in [1.54, 1.807) is 42.6 Å². The van der Waals surface area contributed by atoms with Gasteiger partial charge in [-0.05, 0) is 24.3 Å². The van der Waals surface area contributed by atoms with Gasteiger partial charge in [0.1, 0.15) is 0 Å². The first-order valence-corrected chi connectivity index (χ1v) is 6.87. The second-order valence-electron chi connectivity index (χ2n) is 4.50. The number of aromatic nitrogens is 1. The second kappa shape index (κ2) is 5.25. The van der Waals surface area contributed by atoms with Gasteiger partial charge in [0.25, 0.3) is 0 Å². The quantitative estimate of drug-likeness (QED) is 0.704. The van der Waals surface area contributed by atoms with Crippen LogP contribution in [0.2, 0.25) is 10.0 Å². The minimum Gasteiger partial charge on any atom is -0.360 e. The van der Waals surface area contributed by atoms with Crippen molar-refractivity contribution < 1.29 is 4.79 Å². The van der Waals surface area contributed by atoms with Gasteiger partial charge in [-0.2, -0.15) is 5.26 Å². The van der Waals surface area contributed by atoms with Crippen LogP contribution in [0, 0.1) is 11.3 Å². The lowest BCUT2D eigenvalue weighted by molar-refractivity contribution is 0.104. The van der Waals surface area contributed by atoms with E-state index in [0.717, 1.165) is 10.9 Å². The summed E-state index contributed by atoms with van der Waals surface area (Å²) in [5.74, 6) is -0.249. The van der Waals surface area contributed by atoms with Crippen LogP contribution in [-0.4, -0.2) is 10.8 Å². The number of fused-ring (bicyclic) bond motifs is 1. The van der Waals surface area contributed by atoms with Gasteiger partial charge in [0.15, 0.2) is 5.78 Å². The third-order valence-electron chi connectivity index (χ3n) is 3.25. The van der Waals surface area contributed by atoms with E-state index in [2.05, 4.69) is 11.1 Å². The molecule has 2 aromatic carbocycles. The summed E-state index contributed by atoms with van der Waals surface area (Å²) >= 11 is 12.2. The topological polar surface area (TPSA) is 56.6 Å². The number of nitrogens with one attached hydrogen (secondary N) is 1. The van der Waals surface area contributed by atoms with Gasteiger partial charge in [-0.1, -0.05) is 35.3 Å². The first-order valence-electron chi connectivity index (χ1n) is 6.12. The smallest absolute Gasteiger partial charge is 0.198 e. The van der Waals surface area contributed by atoms with Gasteiger partial charge in [0.05, 0.1) is 27.2 Å². The fourth-order valence-corrected chi connectivity index (χ4v) is 2.80. The third kappa shape index (κ3) is 2.29. The Balaban J connectivity index is 2.17. The number of benzene rings is 2. The van der Waals surface area contributed by atoms with Crippen molar-refractivity contribution >= 4 is 39.9 Å². The lowest BCUT2D eigenvalue weighted by Crippen LogP contribution is -2.02. The lowest BCUT2D eigenvalue weighted by atomic mass is 10.0. The Bertz CT molecular complexity index is 886. The largest absolute Gasteiger partial charge is 0.360 e. The predicted molar refractivity (Wildman–Crippen MR) is 82.9 cm³/mol. The van der Waals surface area contributed by atoms with Crippen LogP contribution in [-0.2, 0) is 0 Å². The number of aromatic amines is 1. The minimum atomic E-state index is -0.249. The molecule has 0 saturated carbocycles. The maximum absolute atomic E-state index is 12.7. The average Bonchev–Trinajstić information content (AvgIpc) is 2.89. The first-order chi connectivity index (χ1) is 10.1. The summed E-state index contributed by atoms with van der Waals surface area (Å²) < 4.78 is 0. The van der Waals surface area contributed by atoms with Crippen LogP contribution in [0.3, 0.4) is 0 Å². The summed E-state index contributed by atoms with van der Waals surface area (Å²) in [5, 5.41) is 10.3. The van der Waals surface area contributed by atoms with Crippen molar-refractivity contribution in [3.05, 3.63) is 69.3 Å². The van der Waals surface area contributed by atoms with Crippen molar-refractivity contribution in [3.63, 3.8) is 0 Å². The molecule has 0 fully saturated rings. The summed E-state index contributed by atoms with van der Waals surface area (Å²) in [4.78, 5) is 15.7. The van der Waals surface area contributed by atoms with E-state index in [1.165, 1.54) is 0 Å². The van der Waals surface area contributed by atoms with Crippen molar-refractivity contribution in [3.8, 4) is 6.07 Å². The number of nitrogens with zero attached hydrogens (tertiary/aromatic N) is 1. The molecule has 0 aliphatic rings. The Kier molecular flexibility index (Phi) is 3.42. The van der Waals surface area contributed by atoms with E-state index < -0.39 is 0 Å². The molecule has 21 heavy (non-hydrogen) atoms. The van der Waals surface area contributed by atoms with E-state index in [1.807, 2.05) is 0 Å². The van der Waals surface area contributed by atoms with Crippen molar-refractivity contribution in [1.82, 2.24) is 4.98 Å². The zero-order valence-electron chi connectivity index (χ0n) is 10.7. The fraction of sp³-hybridized carbons (Fsp3) is 0. The number of hydrogen-bond donors (Lipinski definition) is 1. The summed E-state index contributed by atoms with van der Waals surface area (Å²) in [6.45, 7) is 0. The molecule has 0 atom stereocenters. The molecule has 0 radical (unpaired) electrons. The van der Waals surface area contributed by atoms with Crippen molar-refractivity contribution in [2.45, 2.75) is 0 Å². The van der Waals surface area contributed by atoms with E-state index >= 15 is 0 Å². The van der Waals surface area contributed by atoms with Gasteiger partial charge in [-0.3, -0.25) is 4.79 Å². The standard InChI is InChI=1S/C16H8Cl2N2O/c17-12-2-1-3-13(18)15(12)16(21)11-8-20-14-6-9(7-19)4-5-10(11)14/h1-6,8,20H.